The van der Waals surface area contributed by atoms with Crippen molar-refractivity contribution in [1.82, 2.24) is 19.8 Å². The van der Waals surface area contributed by atoms with Crippen LogP contribution in [0.5, 0.6) is 5.75 Å². The van der Waals surface area contributed by atoms with E-state index in [2.05, 4.69) is 27.2 Å². The third-order valence-electron chi connectivity index (χ3n) is 9.35. The summed E-state index contributed by atoms with van der Waals surface area (Å²) in [5.41, 5.74) is 0.0383. The number of carbonyl (C=O) groups excluding carboxylic acids is 2. The van der Waals surface area contributed by atoms with E-state index in [-0.39, 0.29) is 47.6 Å². The molecule has 1 aromatic carbocycles. The summed E-state index contributed by atoms with van der Waals surface area (Å²) in [5, 5.41) is 3.01. The minimum Gasteiger partial charge on any atom is -0.495 e. The molecule has 1 N–H and O–H groups in total. The molecule has 2 atom stereocenters. The van der Waals surface area contributed by atoms with Crippen molar-refractivity contribution in [1.29, 1.82) is 0 Å². The summed E-state index contributed by atoms with van der Waals surface area (Å²) in [6.45, 7) is 1.96. The number of anilines is 2. The van der Waals surface area contributed by atoms with Gasteiger partial charge in [-0.3, -0.25) is 9.59 Å². The molecule has 1 saturated heterocycles. The molecule has 2 aliphatic carbocycles. The Balaban J connectivity index is 1.34. The normalized spacial score (nSPS) is 21.8. The van der Waals surface area contributed by atoms with Gasteiger partial charge >= 0.3 is 6.18 Å². The van der Waals surface area contributed by atoms with Gasteiger partial charge in [0.05, 0.1) is 24.1 Å². The number of rotatable bonds is 10. The van der Waals surface area contributed by atoms with Gasteiger partial charge in [0, 0.05) is 37.2 Å². The van der Waals surface area contributed by atoms with Crippen LogP contribution in [0.15, 0.2) is 24.4 Å². The van der Waals surface area contributed by atoms with Gasteiger partial charge in [-0.1, -0.05) is 12.8 Å². The molecule has 0 radical (unpaired) electrons. The first-order valence-corrected chi connectivity index (χ1v) is 15.4. The number of nitrogens with one attached hydrogen (secondary N) is 1. The molecule has 43 heavy (non-hydrogen) atoms. The van der Waals surface area contributed by atoms with Crippen LogP contribution in [-0.2, 0) is 17.4 Å². The van der Waals surface area contributed by atoms with Crippen molar-refractivity contribution in [3.8, 4) is 5.75 Å². The standard InChI is InChI=1S/C32H42F3N5O3/c1-39-14-12-20(13-15-39)16-28(41)23-10-11-25(29(18-23)43-3)37-31-36-19-24(32(33,34)35)26(38-31)17-22-6-4-5-7-27(22)40(2)30(42)21-8-9-21/h10-11,18-22,27H,4-9,12-17H2,1-3H3,(H,36,37,38)/t22-,27+/m0/s1. The molecule has 0 spiro atoms. The molecule has 3 aliphatic rings. The highest BCUT2D eigenvalue weighted by Gasteiger charge is 2.40. The maximum Gasteiger partial charge on any atom is 0.419 e. The summed E-state index contributed by atoms with van der Waals surface area (Å²) in [5.74, 6) is 0.807. The number of hydrogen-bond acceptors (Lipinski definition) is 7. The zero-order valence-electron chi connectivity index (χ0n) is 25.3. The quantitative estimate of drug-likeness (QED) is 0.328. The zero-order chi connectivity index (χ0) is 30.7. The molecule has 0 unspecified atom stereocenters. The number of Topliss-reactive ketones (excluding diaryl/α,β-unsaturated/α-hetero) is 1. The third-order valence-corrected chi connectivity index (χ3v) is 9.35. The van der Waals surface area contributed by atoms with Gasteiger partial charge in [-0.15, -0.1) is 0 Å². The Bertz CT molecular complexity index is 1310. The van der Waals surface area contributed by atoms with Crippen LogP contribution in [-0.4, -0.2) is 71.8 Å². The molecular weight excluding hydrogens is 559 g/mol. The first-order chi connectivity index (χ1) is 20.5. The van der Waals surface area contributed by atoms with Gasteiger partial charge in [-0.05, 0) is 95.1 Å². The number of alkyl halides is 3. The number of carbonyl (C=O) groups is 2. The van der Waals surface area contributed by atoms with E-state index in [1.807, 2.05) is 0 Å². The Morgan fingerprint density at radius 1 is 1.09 bits per heavy atom. The van der Waals surface area contributed by atoms with E-state index in [0.717, 1.165) is 70.7 Å². The zero-order valence-corrected chi connectivity index (χ0v) is 25.3. The average Bonchev–Trinajstić information content (AvgIpc) is 3.83. The Kier molecular flexibility index (Phi) is 9.58. The lowest BCUT2D eigenvalue weighted by Gasteiger charge is -2.38. The molecule has 5 rings (SSSR count). The van der Waals surface area contributed by atoms with E-state index in [1.54, 1.807) is 30.1 Å². The number of halogens is 3. The molecule has 1 aliphatic heterocycles. The van der Waals surface area contributed by atoms with Gasteiger partial charge < -0.3 is 19.9 Å². The first kappa shape index (κ1) is 31.2. The van der Waals surface area contributed by atoms with E-state index in [1.165, 1.54) is 7.11 Å². The summed E-state index contributed by atoms with van der Waals surface area (Å²) in [6, 6.07) is 4.92. The summed E-state index contributed by atoms with van der Waals surface area (Å²) < 4.78 is 47.7. The van der Waals surface area contributed by atoms with Gasteiger partial charge in [-0.25, -0.2) is 9.97 Å². The highest BCUT2D eigenvalue weighted by Crippen LogP contribution is 2.39. The fraction of sp³-hybridized carbons (Fsp3) is 0.625. The Hall–Kier alpha value is -3.21. The molecule has 2 aromatic rings. The van der Waals surface area contributed by atoms with E-state index in [0.29, 0.717) is 29.3 Å². The molecule has 2 saturated carbocycles. The summed E-state index contributed by atoms with van der Waals surface area (Å²) >= 11 is 0. The fourth-order valence-electron chi connectivity index (χ4n) is 6.57. The van der Waals surface area contributed by atoms with E-state index < -0.39 is 11.7 Å². The van der Waals surface area contributed by atoms with Gasteiger partial charge in [0.15, 0.2) is 5.78 Å². The van der Waals surface area contributed by atoms with Crippen molar-refractivity contribution < 1.29 is 27.5 Å². The van der Waals surface area contributed by atoms with Crippen molar-refractivity contribution in [2.75, 3.05) is 39.6 Å². The predicted molar refractivity (Wildman–Crippen MR) is 157 cm³/mol. The van der Waals surface area contributed by atoms with Crippen LogP contribution in [0.25, 0.3) is 0 Å². The molecule has 8 nitrogen and oxygen atoms in total. The average molecular weight is 602 g/mol. The highest BCUT2D eigenvalue weighted by molar-refractivity contribution is 5.97. The summed E-state index contributed by atoms with van der Waals surface area (Å²) in [4.78, 5) is 38.2. The largest absolute Gasteiger partial charge is 0.495 e. The fourth-order valence-corrected chi connectivity index (χ4v) is 6.57. The van der Waals surface area contributed by atoms with Gasteiger partial charge in [0.1, 0.15) is 5.75 Å². The second-order valence-corrected chi connectivity index (χ2v) is 12.5. The van der Waals surface area contributed by atoms with E-state index >= 15 is 0 Å². The lowest BCUT2D eigenvalue weighted by Crippen LogP contribution is -2.45. The topological polar surface area (TPSA) is 87.7 Å². The minimum atomic E-state index is -4.61. The SMILES string of the molecule is COc1cc(C(=O)CC2CCN(C)CC2)ccc1Nc1ncc(C(F)(F)F)c(C[C@@H]2CCCC[C@H]2N(C)C(=O)C2CC2)n1. The smallest absolute Gasteiger partial charge is 0.419 e. The Morgan fingerprint density at radius 3 is 2.49 bits per heavy atom. The van der Waals surface area contributed by atoms with Crippen molar-refractivity contribution >= 4 is 23.3 Å². The van der Waals surface area contributed by atoms with Crippen molar-refractivity contribution in [3.63, 3.8) is 0 Å². The second-order valence-electron chi connectivity index (χ2n) is 12.5. The number of methoxy groups -OCH3 is 1. The Morgan fingerprint density at radius 2 is 1.81 bits per heavy atom. The van der Waals surface area contributed by atoms with Crippen LogP contribution in [0.2, 0.25) is 0 Å². The number of likely N-dealkylation sites (tertiary alicyclic amines) is 1. The van der Waals surface area contributed by atoms with Crippen LogP contribution in [0.1, 0.15) is 79.4 Å². The molecule has 11 heteroatoms. The van der Waals surface area contributed by atoms with Crippen LogP contribution in [0.4, 0.5) is 24.8 Å². The molecule has 1 aromatic heterocycles. The number of amides is 1. The molecule has 234 valence electrons. The lowest BCUT2D eigenvalue weighted by atomic mass is 9.80. The first-order valence-electron chi connectivity index (χ1n) is 15.4. The number of aromatic nitrogens is 2. The maximum absolute atomic E-state index is 14.1. The Labute approximate surface area is 251 Å². The second kappa shape index (κ2) is 13.2. The number of benzene rings is 1. The lowest BCUT2D eigenvalue weighted by molar-refractivity contribution is -0.139. The molecular formula is C32H42F3N5O3. The molecule has 2 heterocycles. The monoisotopic (exact) mass is 601 g/mol. The summed E-state index contributed by atoms with van der Waals surface area (Å²) in [7, 11) is 5.35. The maximum atomic E-state index is 14.1. The predicted octanol–water partition coefficient (Wildman–Crippen LogP) is 6.13. The van der Waals surface area contributed by atoms with Gasteiger partial charge in [0.25, 0.3) is 0 Å². The summed E-state index contributed by atoms with van der Waals surface area (Å²) in [6.07, 6.45) is 3.89. The number of ether oxygens (including phenoxy) is 1. The highest BCUT2D eigenvalue weighted by atomic mass is 19.4. The molecule has 1 amide bonds. The number of hydrogen-bond donors (Lipinski definition) is 1. The minimum absolute atomic E-state index is 0.0153. The van der Waals surface area contributed by atoms with Crippen molar-refractivity contribution in [3.05, 3.63) is 41.2 Å². The van der Waals surface area contributed by atoms with Gasteiger partial charge in [0.2, 0.25) is 11.9 Å². The number of nitrogens with zero attached hydrogens (tertiary/aromatic N) is 4. The van der Waals surface area contributed by atoms with Crippen LogP contribution >= 0.6 is 0 Å². The number of piperidine rings is 1. The molecule has 0 bridgehead atoms. The van der Waals surface area contributed by atoms with E-state index in [4.69, 9.17) is 4.74 Å². The molecule has 3 fully saturated rings. The third kappa shape index (κ3) is 7.66. The van der Waals surface area contributed by atoms with Crippen molar-refractivity contribution in [2.24, 2.45) is 17.8 Å². The van der Waals surface area contributed by atoms with Crippen LogP contribution in [0.3, 0.4) is 0 Å². The number of ketones is 1. The van der Waals surface area contributed by atoms with Crippen LogP contribution < -0.4 is 10.1 Å². The van der Waals surface area contributed by atoms with Gasteiger partial charge in [-0.2, -0.15) is 13.2 Å². The van der Waals surface area contributed by atoms with E-state index in [9.17, 15) is 22.8 Å². The van der Waals surface area contributed by atoms with Crippen molar-refractivity contribution in [2.45, 2.75) is 76.4 Å². The van der Waals surface area contributed by atoms with Crippen LogP contribution in [0, 0.1) is 17.8 Å².